The number of hydrogen-bond acceptors (Lipinski definition) is 7. The fraction of sp³-hybridized carbons (Fsp3) is 0.280. The Bertz CT molecular complexity index is 1390. The molecule has 10 nitrogen and oxygen atoms in total. The van der Waals surface area contributed by atoms with Crippen LogP contribution in [0.3, 0.4) is 0 Å². The van der Waals surface area contributed by atoms with Crippen LogP contribution in [-0.4, -0.2) is 48.3 Å². The summed E-state index contributed by atoms with van der Waals surface area (Å²) in [5.74, 6) is -2.60. The lowest BCUT2D eigenvalue weighted by molar-refractivity contribution is 0.251. The maximum Gasteiger partial charge on any atom is 0.334 e. The fourth-order valence-corrected chi connectivity index (χ4v) is 4.09. The maximum atomic E-state index is 15.4. The van der Waals surface area contributed by atoms with E-state index in [9.17, 15) is 4.79 Å². The Kier molecular flexibility index (Phi) is 7.09. The van der Waals surface area contributed by atoms with E-state index in [1.165, 1.54) is 25.3 Å². The molecule has 1 aliphatic rings. The zero-order chi connectivity index (χ0) is 26.9. The molecule has 0 radical (unpaired) electrons. The molecule has 2 N–H and O–H groups in total. The molecular weight excluding hydrogens is 484 g/mol. The van der Waals surface area contributed by atoms with Gasteiger partial charge < -0.3 is 15.2 Å². The summed E-state index contributed by atoms with van der Waals surface area (Å²) in [6, 6.07) is 2.08. The van der Waals surface area contributed by atoms with Crippen LogP contribution in [-0.2, 0) is 13.1 Å². The number of aromatic nitrogens is 3. The molecular formula is C25H27F2N7O3. The molecule has 4 rings (SSSR count). The third kappa shape index (κ3) is 4.46. The van der Waals surface area contributed by atoms with Crippen molar-refractivity contribution in [1.29, 1.82) is 0 Å². The fourth-order valence-electron chi connectivity index (χ4n) is 4.09. The topological polar surface area (TPSA) is 111 Å². The number of carbonyl (C=O) groups is 1. The smallest absolute Gasteiger partial charge is 0.334 e. The van der Waals surface area contributed by atoms with Gasteiger partial charge >= 0.3 is 6.03 Å². The van der Waals surface area contributed by atoms with Crippen LogP contribution in [0.5, 0.6) is 11.5 Å². The van der Waals surface area contributed by atoms with Gasteiger partial charge in [-0.05, 0) is 19.9 Å². The van der Waals surface area contributed by atoms with E-state index >= 15 is 8.78 Å². The number of hydrogen-bond donors (Lipinski definition) is 1. The number of nitrogens with zero attached hydrogens (tertiary/aromatic N) is 6. The summed E-state index contributed by atoms with van der Waals surface area (Å²) in [5.41, 5.74) is 8.42. The lowest BCUT2D eigenvalue weighted by atomic mass is 10.0. The summed E-state index contributed by atoms with van der Waals surface area (Å²) in [6.07, 6.45) is 6.30. The Hall–Kier alpha value is -4.48. The predicted octanol–water partition coefficient (Wildman–Crippen LogP) is 4.26. The second kappa shape index (κ2) is 10.2. The summed E-state index contributed by atoms with van der Waals surface area (Å²) in [7, 11) is 4.10. The zero-order valence-electron chi connectivity index (χ0n) is 21.1. The van der Waals surface area contributed by atoms with Gasteiger partial charge in [-0.15, -0.1) is 0 Å². The van der Waals surface area contributed by atoms with E-state index < -0.39 is 23.4 Å². The number of halogens is 2. The Morgan fingerprint density at radius 3 is 2.41 bits per heavy atom. The molecule has 0 aliphatic carbocycles. The highest BCUT2D eigenvalue weighted by Gasteiger charge is 2.38. The number of urea groups is 1. The highest BCUT2D eigenvalue weighted by atomic mass is 19.1. The molecule has 3 aromatic rings. The normalized spacial score (nSPS) is 14.2. The first-order valence-electron chi connectivity index (χ1n) is 11.4. The molecule has 0 unspecified atom stereocenters. The van der Waals surface area contributed by atoms with Crippen LogP contribution >= 0.6 is 0 Å². The van der Waals surface area contributed by atoms with Gasteiger partial charge in [0.25, 0.3) is 0 Å². The van der Waals surface area contributed by atoms with Crippen LogP contribution in [0.15, 0.2) is 41.4 Å². The molecule has 0 saturated carbocycles. The summed E-state index contributed by atoms with van der Waals surface area (Å²) in [4.78, 5) is 24.8. The molecule has 194 valence electrons. The number of aliphatic imine (C=N–C) groups is 1. The van der Waals surface area contributed by atoms with Gasteiger partial charge in [0, 0.05) is 55.1 Å². The van der Waals surface area contributed by atoms with Gasteiger partial charge in [-0.2, -0.15) is 5.10 Å². The summed E-state index contributed by atoms with van der Waals surface area (Å²) in [5, 5.41) is 4.27. The summed E-state index contributed by atoms with van der Waals surface area (Å²) < 4.78 is 42.6. The number of carbonyl (C=O) groups excluding carboxylic acids is 1. The second-order valence-corrected chi connectivity index (χ2v) is 8.20. The number of fused-ring (bicyclic) bond motifs is 1. The maximum absolute atomic E-state index is 15.4. The molecule has 0 fully saturated rings. The van der Waals surface area contributed by atoms with E-state index in [1.54, 1.807) is 43.3 Å². The quantitative estimate of drug-likeness (QED) is 0.475. The van der Waals surface area contributed by atoms with Gasteiger partial charge in [0.2, 0.25) is 0 Å². The van der Waals surface area contributed by atoms with Gasteiger partial charge in [-0.25, -0.2) is 13.6 Å². The number of benzene rings is 1. The van der Waals surface area contributed by atoms with Crippen molar-refractivity contribution >= 4 is 34.9 Å². The van der Waals surface area contributed by atoms with Crippen molar-refractivity contribution < 1.29 is 23.0 Å². The van der Waals surface area contributed by atoms with Gasteiger partial charge in [-0.3, -0.25) is 24.5 Å². The highest BCUT2D eigenvalue weighted by Crippen LogP contribution is 2.43. The Labute approximate surface area is 212 Å². The molecule has 37 heavy (non-hydrogen) atoms. The van der Waals surface area contributed by atoms with Crippen molar-refractivity contribution in [3.05, 3.63) is 59.3 Å². The molecule has 1 aromatic carbocycles. The molecule has 0 atom stereocenters. The number of anilines is 3. The van der Waals surface area contributed by atoms with Crippen molar-refractivity contribution in [2.24, 2.45) is 10.7 Å². The van der Waals surface area contributed by atoms with E-state index in [-0.39, 0.29) is 18.0 Å². The first-order valence-corrected chi connectivity index (χ1v) is 11.4. The van der Waals surface area contributed by atoms with Crippen molar-refractivity contribution in [1.82, 2.24) is 14.8 Å². The number of rotatable bonds is 7. The number of methoxy groups -OCH3 is 2. The molecule has 2 amide bonds. The number of aryl methyl sites for hydroxylation is 1. The van der Waals surface area contributed by atoms with Gasteiger partial charge in [-0.1, -0.05) is 0 Å². The number of pyridine rings is 1. The minimum absolute atomic E-state index is 0.160. The van der Waals surface area contributed by atoms with Gasteiger partial charge in [0.15, 0.2) is 23.1 Å². The molecule has 12 heteroatoms. The molecule has 0 spiro atoms. The Morgan fingerprint density at radius 1 is 1.19 bits per heavy atom. The van der Waals surface area contributed by atoms with Gasteiger partial charge in [0.1, 0.15) is 5.69 Å². The molecule has 0 saturated heterocycles. The summed E-state index contributed by atoms with van der Waals surface area (Å²) in [6.45, 7) is 4.01. The predicted molar refractivity (Wildman–Crippen MR) is 137 cm³/mol. The van der Waals surface area contributed by atoms with E-state index in [2.05, 4.69) is 15.1 Å². The lowest BCUT2D eigenvalue weighted by Gasteiger charge is -2.37. The molecule has 3 heterocycles. The van der Waals surface area contributed by atoms with Crippen LogP contribution in [0.2, 0.25) is 0 Å². The number of amides is 2. The number of allylic oxidation sites excluding steroid dienone is 2. The summed E-state index contributed by atoms with van der Waals surface area (Å²) >= 11 is 0. The monoisotopic (exact) mass is 511 g/mol. The van der Waals surface area contributed by atoms with Gasteiger partial charge in [0.05, 0.1) is 44.0 Å². The minimum atomic E-state index is -1.03. The largest absolute Gasteiger partial charge is 0.493 e. The van der Waals surface area contributed by atoms with Crippen LogP contribution in [0.4, 0.5) is 30.6 Å². The van der Waals surface area contributed by atoms with Crippen molar-refractivity contribution in [2.45, 2.75) is 26.9 Å². The standard InChI is InChI=1S/C25H27F2N7O3/c1-6-32-13-16(10-31-32)34-19-7-18(17(11-29-3)14(2)28)30-9-15(19)12-33(25(34)35)24-22(26)20(36-4)8-21(37-5)23(24)27/h7-11,13H,6,12,28H2,1-5H3. The number of nitrogens with two attached hydrogens (primary N) is 1. The van der Waals surface area contributed by atoms with Crippen molar-refractivity contribution in [2.75, 3.05) is 31.1 Å². The van der Waals surface area contributed by atoms with Crippen LogP contribution < -0.4 is 25.0 Å². The molecule has 1 aliphatic heterocycles. The van der Waals surface area contributed by atoms with Crippen LogP contribution in [0.25, 0.3) is 5.57 Å². The Morgan fingerprint density at radius 2 is 1.86 bits per heavy atom. The van der Waals surface area contributed by atoms with E-state index in [0.29, 0.717) is 40.4 Å². The second-order valence-electron chi connectivity index (χ2n) is 8.20. The van der Waals surface area contributed by atoms with Crippen molar-refractivity contribution in [3.8, 4) is 11.5 Å². The van der Waals surface area contributed by atoms with Crippen molar-refractivity contribution in [3.63, 3.8) is 0 Å². The highest BCUT2D eigenvalue weighted by molar-refractivity contribution is 6.13. The average molecular weight is 512 g/mol. The van der Waals surface area contributed by atoms with E-state index in [1.807, 2.05) is 6.92 Å². The number of ether oxygens (including phenoxy) is 2. The van der Waals surface area contributed by atoms with Crippen LogP contribution in [0.1, 0.15) is 25.1 Å². The molecule has 0 bridgehead atoms. The van der Waals surface area contributed by atoms with Crippen LogP contribution in [0, 0.1) is 11.6 Å². The third-order valence-electron chi connectivity index (χ3n) is 5.93. The average Bonchev–Trinajstić information content (AvgIpc) is 3.36. The Balaban J connectivity index is 1.95. The third-order valence-corrected chi connectivity index (χ3v) is 5.93. The van der Waals surface area contributed by atoms with E-state index in [0.717, 1.165) is 11.0 Å². The SMILES string of the molecule is CCn1cc(N2C(=O)N(c3c(F)c(OC)cc(OC)c3F)Cc3cnc(C(C=NC)=C(C)N)cc32)cn1. The zero-order valence-corrected chi connectivity index (χ0v) is 21.1. The first kappa shape index (κ1) is 25.6. The first-order chi connectivity index (χ1) is 17.7. The minimum Gasteiger partial charge on any atom is -0.493 e. The van der Waals surface area contributed by atoms with E-state index in [4.69, 9.17) is 15.2 Å². The molecule has 2 aromatic heterocycles. The lowest BCUT2D eigenvalue weighted by Crippen LogP contribution is -2.45.